The first-order chi connectivity index (χ1) is 7.23. The molecule has 2 nitrogen and oxygen atoms in total. The molecule has 0 aliphatic heterocycles. The van der Waals surface area contributed by atoms with Crippen LogP contribution in [0.4, 0.5) is 0 Å². The molecule has 0 fully saturated rings. The Kier molecular flexibility index (Phi) is 3.54. The second-order valence-corrected chi connectivity index (χ2v) is 5.41. The van der Waals surface area contributed by atoms with Crippen molar-refractivity contribution in [2.45, 2.75) is 46.1 Å². The van der Waals surface area contributed by atoms with Crippen LogP contribution in [0.5, 0.6) is 0 Å². The normalized spacial score (nSPS) is 13.6. The summed E-state index contributed by atoms with van der Waals surface area (Å²) in [4.78, 5) is 11.3. The minimum atomic E-state index is -0.492. The van der Waals surface area contributed by atoms with Gasteiger partial charge in [-0.1, -0.05) is 39.0 Å². The number of Topliss-reactive ketones (excluding diaryl/α,β-unsaturated/α-hetero) is 1. The van der Waals surface area contributed by atoms with E-state index in [9.17, 15) is 4.79 Å². The number of carbonyl (C=O) groups excluding carboxylic acids is 1. The minimum Gasteiger partial charge on any atom is -0.318 e. The van der Waals surface area contributed by atoms with Crippen LogP contribution in [-0.4, -0.2) is 5.78 Å². The molecule has 1 unspecified atom stereocenters. The van der Waals surface area contributed by atoms with Crippen molar-refractivity contribution in [3.8, 4) is 0 Å². The second-order valence-electron chi connectivity index (χ2n) is 5.41. The van der Waals surface area contributed by atoms with E-state index in [2.05, 4.69) is 32.9 Å². The number of carbonyl (C=O) groups is 1. The maximum atomic E-state index is 11.3. The van der Waals surface area contributed by atoms with Gasteiger partial charge in [-0.15, -0.1) is 0 Å². The van der Waals surface area contributed by atoms with Gasteiger partial charge >= 0.3 is 0 Å². The largest absolute Gasteiger partial charge is 0.318 e. The zero-order valence-electron chi connectivity index (χ0n) is 10.8. The van der Waals surface area contributed by atoms with E-state index in [0.717, 1.165) is 11.1 Å². The number of benzene rings is 1. The number of nitrogens with two attached hydrogens (primary N) is 1. The Morgan fingerprint density at radius 1 is 1.31 bits per heavy atom. The molecule has 1 rings (SSSR count). The second kappa shape index (κ2) is 4.38. The molecule has 2 heteroatoms. The highest BCUT2D eigenvalue weighted by Crippen LogP contribution is 2.26. The number of hydrogen-bond acceptors (Lipinski definition) is 2. The van der Waals surface area contributed by atoms with E-state index in [-0.39, 0.29) is 11.2 Å². The summed E-state index contributed by atoms with van der Waals surface area (Å²) in [6, 6.07) is 5.67. The summed E-state index contributed by atoms with van der Waals surface area (Å²) in [5.41, 5.74) is 9.27. The molecule has 0 aliphatic carbocycles. The van der Waals surface area contributed by atoms with Gasteiger partial charge in [0.15, 0.2) is 5.78 Å². The zero-order valence-corrected chi connectivity index (χ0v) is 10.8. The van der Waals surface area contributed by atoms with Crippen molar-refractivity contribution in [2.24, 2.45) is 5.73 Å². The third-order valence-electron chi connectivity index (χ3n) is 2.91. The van der Waals surface area contributed by atoms with Gasteiger partial charge in [0.05, 0.1) is 6.04 Å². The Hall–Kier alpha value is -1.15. The number of hydrogen-bond donors (Lipinski definition) is 1. The lowest BCUT2D eigenvalue weighted by atomic mass is 9.84. The Balaban J connectivity index is 3.15. The van der Waals surface area contributed by atoms with Gasteiger partial charge < -0.3 is 5.73 Å². The standard InChI is InChI=1S/C14H21NO/c1-9-8-11(14(3,4)5)6-7-12(9)13(15)10(2)16/h6-8,13H,15H2,1-5H3. The van der Waals surface area contributed by atoms with E-state index in [1.165, 1.54) is 12.5 Å². The van der Waals surface area contributed by atoms with E-state index in [1.807, 2.05) is 13.0 Å². The van der Waals surface area contributed by atoms with Crippen molar-refractivity contribution in [3.05, 3.63) is 34.9 Å². The van der Waals surface area contributed by atoms with Crippen LogP contribution >= 0.6 is 0 Å². The van der Waals surface area contributed by atoms with Gasteiger partial charge in [0.2, 0.25) is 0 Å². The molecule has 88 valence electrons. The SMILES string of the molecule is CC(=O)C(N)c1ccc(C(C)(C)C)cc1C. The molecule has 1 atom stereocenters. The van der Waals surface area contributed by atoms with Crippen LogP contribution < -0.4 is 5.73 Å². The fourth-order valence-electron chi connectivity index (χ4n) is 1.71. The maximum absolute atomic E-state index is 11.3. The summed E-state index contributed by atoms with van der Waals surface area (Å²) < 4.78 is 0. The molecule has 0 saturated carbocycles. The average Bonchev–Trinajstić information content (AvgIpc) is 2.15. The zero-order chi connectivity index (χ0) is 12.5. The van der Waals surface area contributed by atoms with Crippen molar-refractivity contribution >= 4 is 5.78 Å². The molecule has 16 heavy (non-hydrogen) atoms. The van der Waals surface area contributed by atoms with Crippen molar-refractivity contribution in [2.75, 3.05) is 0 Å². The predicted molar refractivity (Wildman–Crippen MR) is 67.5 cm³/mol. The van der Waals surface area contributed by atoms with Gasteiger partial charge in [0, 0.05) is 0 Å². The molecule has 0 aliphatic rings. The van der Waals surface area contributed by atoms with E-state index >= 15 is 0 Å². The molecule has 0 amide bonds. The summed E-state index contributed by atoms with van der Waals surface area (Å²) in [7, 11) is 0. The summed E-state index contributed by atoms with van der Waals surface area (Å²) >= 11 is 0. The molecule has 0 heterocycles. The fraction of sp³-hybridized carbons (Fsp3) is 0.500. The summed E-state index contributed by atoms with van der Waals surface area (Å²) in [6.07, 6.45) is 0. The van der Waals surface area contributed by atoms with Gasteiger partial charge in [-0.25, -0.2) is 0 Å². The monoisotopic (exact) mass is 219 g/mol. The lowest BCUT2D eigenvalue weighted by Crippen LogP contribution is -2.20. The lowest BCUT2D eigenvalue weighted by molar-refractivity contribution is -0.118. The number of rotatable bonds is 2. The number of aryl methyl sites for hydroxylation is 1. The van der Waals surface area contributed by atoms with Crippen LogP contribution in [0.2, 0.25) is 0 Å². The lowest BCUT2D eigenvalue weighted by Gasteiger charge is -2.21. The average molecular weight is 219 g/mol. The van der Waals surface area contributed by atoms with Crippen LogP contribution in [0, 0.1) is 6.92 Å². The number of ketones is 1. The van der Waals surface area contributed by atoms with Gasteiger partial charge in [0.1, 0.15) is 0 Å². The van der Waals surface area contributed by atoms with Crippen LogP contribution in [-0.2, 0) is 10.2 Å². The summed E-state index contributed by atoms with van der Waals surface area (Å²) in [6.45, 7) is 10.1. The van der Waals surface area contributed by atoms with Crippen molar-refractivity contribution < 1.29 is 4.79 Å². The molecule has 0 radical (unpaired) electrons. The first-order valence-corrected chi connectivity index (χ1v) is 5.60. The molecule has 2 N–H and O–H groups in total. The first-order valence-electron chi connectivity index (χ1n) is 5.60. The summed E-state index contributed by atoms with van der Waals surface area (Å²) in [5, 5.41) is 0. The Morgan fingerprint density at radius 3 is 2.25 bits per heavy atom. The van der Waals surface area contributed by atoms with Gasteiger partial charge in [-0.3, -0.25) is 4.79 Å². The predicted octanol–water partition coefficient (Wildman–Crippen LogP) is 2.88. The molecule has 1 aromatic carbocycles. The molecular weight excluding hydrogens is 198 g/mol. The fourth-order valence-corrected chi connectivity index (χ4v) is 1.71. The molecule has 1 aromatic rings. The molecule has 0 bridgehead atoms. The Labute approximate surface area is 97.9 Å². The minimum absolute atomic E-state index is 0.00612. The quantitative estimate of drug-likeness (QED) is 0.831. The topological polar surface area (TPSA) is 43.1 Å². The highest BCUT2D eigenvalue weighted by atomic mass is 16.1. The van der Waals surface area contributed by atoms with Gasteiger partial charge in [-0.2, -0.15) is 0 Å². The Bertz CT molecular complexity index is 402. The van der Waals surface area contributed by atoms with Crippen LogP contribution in [0.15, 0.2) is 18.2 Å². The van der Waals surface area contributed by atoms with Crippen LogP contribution in [0.25, 0.3) is 0 Å². The third kappa shape index (κ3) is 2.70. The first kappa shape index (κ1) is 12.9. The Morgan fingerprint density at radius 2 is 1.88 bits per heavy atom. The van der Waals surface area contributed by atoms with E-state index < -0.39 is 6.04 Å². The van der Waals surface area contributed by atoms with Crippen molar-refractivity contribution in [3.63, 3.8) is 0 Å². The van der Waals surface area contributed by atoms with E-state index in [4.69, 9.17) is 5.73 Å². The van der Waals surface area contributed by atoms with Gasteiger partial charge in [0.25, 0.3) is 0 Å². The smallest absolute Gasteiger partial charge is 0.150 e. The highest BCUT2D eigenvalue weighted by molar-refractivity contribution is 5.83. The summed E-state index contributed by atoms with van der Waals surface area (Å²) in [5.74, 6) is 0.00612. The van der Waals surface area contributed by atoms with E-state index in [0.29, 0.717) is 0 Å². The molecular formula is C14H21NO. The third-order valence-corrected chi connectivity index (χ3v) is 2.91. The molecule has 0 saturated heterocycles. The highest BCUT2D eigenvalue weighted by Gasteiger charge is 2.17. The van der Waals surface area contributed by atoms with Crippen molar-refractivity contribution in [1.29, 1.82) is 0 Å². The van der Waals surface area contributed by atoms with Crippen molar-refractivity contribution in [1.82, 2.24) is 0 Å². The van der Waals surface area contributed by atoms with E-state index in [1.54, 1.807) is 0 Å². The molecule has 0 spiro atoms. The van der Waals surface area contributed by atoms with Crippen LogP contribution in [0.1, 0.15) is 50.4 Å². The van der Waals surface area contributed by atoms with Crippen LogP contribution in [0.3, 0.4) is 0 Å². The maximum Gasteiger partial charge on any atom is 0.150 e. The molecule has 0 aromatic heterocycles. The van der Waals surface area contributed by atoms with Gasteiger partial charge in [-0.05, 0) is 36.0 Å².